The van der Waals surface area contributed by atoms with Gasteiger partial charge in [-0.2, -0.15) is 0 Å². The van der Waals surface area contributed by atoms with Crippen LogP contribution in [0.2, 0.25) is 0 Å². The second-order valence-electron chi connectivity index (χ2n) is 7.58. The van der Waals surface area contributed by atoms with Gasteiger partial charge in [0.25, 0.3) is 0 Å². The summed E-state index contributed by atoms with van der Waals surface area (Å²) in [6.07, 6.45) is 2.53. The monoisotopic (exact) mass is 442 g/mol. The highest BCUT2D eigenvalue weighted by atomic mass is 16.5. The molecule has 0 saturated heterocycles. The van der Waals surface area contributed by atoms with Gasteiger partial charge in [0.05, 0.1) is 28.4 Å². The van der Waals surface area contributed by atoms with Crippen molar-refractivity contribution in [3.05, 3.63) is 45.6 Å². The summed E-state index contributed by atoms with van der Waals surface area (Å²) in [6, 6.07) is 6.84. The first-order valence-corrected chi connectivity index (χ1v) is 10.7. The van der Waals surface area contributed by atoms with Gasteiger partial charge in [-0.15, -0.1) is 0 Å². The summed E-state index contributed by atoms with van der Waals surface area (Å²) in [7, 11) is 6.13. The minimum absolute atomic E-state index is 0.204. The number of ether oxygens (including phenoxy) is 5. The Hall–Kier alpha value is -3.22. The van der Waals surface area contributed by atoms with Crippen LogP contribution >= 0.6 is 0 Å². The molecule has 32 heavy (non-hydrogen) atoms. The lowest BCUT2D eigenvalue weighted by Crippen LogP contribution is -2.13. The minimum atomic E-state index is -0.576. The molecule has 0 unspecified atom stereocenters. The summed E-state index contributed by atoms with van der Waals surface area (Å²) in [5, 5.41) is 0. The molecular weight excluding hydrogens is 412 g/mol. The van der Waals surface area contributed by atoms with Crippen molar-refractivity contribution in [2.24, 2.45) is 0 Å². The van der Waals surface area contributed by atoms with Gasteiger partial charge in [-0.3, -0.25) is 9.59 Å². The Morgan fingerprint density at radius 3 is 2.31 bits per heavy atom. The van der Waals surface area contributed by atoms with Crippen LogP contribution in [0.3, 0.4) is 0 Å². The van der Waals surface area contributed by atoms with Gasteiger partial charge >= 0.3 is 5.97 Å². The Bertz CT molecular complexity index is 1050. The van der Waals surface area contributed by atoms with Crippen molar-refractivity contribution in [1.82, 2.24) is 0 Å². The Morgan fingerprint density at radius 2 is 1.69 bits per heavy atom. The normalized spacial score (nSPS) is 14.5. The van der Waals surface area contributed by atoms with Crippen molar-refractivity contribution in [3.63, 3.8) is 0 Å². The molecule has 3 rings (SSSR count). The zero-order chi connectivity index (χ0) is 23.3. The lowest BCUT2D eigenvalue weighted by molar-refractivity contribution is -0.149. The third-order valence-electron chi connectivity index (χ3n) is 5.67. The minimum Gasteiger partial charge on any atom is -0.493 e. The molecule has 0 saturated carbocycles. The molecule has 0 spiro atoms. The zero-order valence-corrected chi connectivity index (χ0v) is 19.3. The molecule has 0 bridgehead atoms. The highest BCUT2D eigenvalue weighted by molar-refractivity contribution is 5.83. The molecule has 2 aromatic rings. The lowest BCUT2D eigenvalue weighted by Gasteiger charge is -2.19. The van der Waals surface area contributed by atoms with Crippen LogP contribution in [0.4, 0.5) is 0 Å². The van der Waals surface area contributed by atoms with Gasteiger partial charge < -0.3 is 23.7 Å². The smallest absolute Gasteiger partial charge is 0.306 e. The summed E-state index contributed by atoms with van der Waals surface area (Å²) in [4.78, 5) is 25.3. The second kappa shape index (κ2) is 10.4. The number of carbonyl (C=O) groups is 1. The zero-order valence-electron chi connectivity index (χ0n) is 19.3. The highest BCUT2D eigenvalue weighted by Gasteiger charge is 2.30. The van der Waals surface area contributed by atoms with Crippen molar-refractivity contribution in [3.8, 4) is 34.1 Å². The molecular formula is C25H30O7. The number of hydrogen-bond donors (Lipinski definition) is 0. The number of benzene rings is 1. The van der Waals surface area contributed by atoms with Crippen LogP contribution < -0.4 is 24.4 Å². The molecule has 1 aliphatic carbocycles. The fraction of sp³-hybridized carbons (Fsp3) is 0.440. The molecule has 0 amide bonds. The van der Waals surface area contributed by atoms with Crippen molar-refractivity contribution >= 4 is 5.97 Å². The number of aryl methyl sites for hydroxylation is 1. The largest absolute Gasteiger partial charge is 0.493 e. The Balaban J connectivity index is 2.28. The Labute approximate surface area is 188 Å². The SMILES string of the molecule is CCCCC(=O)O[C@H]1CCc2cc(OC)c(OC)c(OC)c2-c2ccc(OC)c(=O)cc21. The molecule has 1 aliphatic rings. The van der Waals surface area contributed by atoms with Gasteiger partial charge in [-0.25, -0.2) is 0 Å². The van der Waals surface area contributed by atoms with E-state index in [1.165, 1.54) is 13.2 Å². The van der Waals surface area contributed by atoms with Crippen LogP contribution in [-0.2, 0) is 16.0 Å². The molecule has 0 aliphatic heterocycles. The van der Waals surface area contributed by atoms with Crippen LogP contribution in [-0.4, -0.2) is 34.4 Å². The molecule has 0 fully saturated rings. The maximum absolute atomic E-state index is 12.8. The number of methoxy groups -OCH3 is 4. The van der Waals surface area contributed by atoms with Crippen LogP contribution in [0.25, 0.3) is 11.1 Å². The summed E-state index contributed by atoms with van der Waals surface area (Å²) in [5.41, 5.74) is 2.79. The van der Waals surface area contributed by atoms with E-state index in [0.717, 1.165) is 29.5 Å². The maximum Gasteiger partial charge on any atom is 0.306 e. The molecule has 2 aromatic carbocycles. The summed E-state index contributed by atoms with van der Waals surface area (Å²) < 4.78 is 28.0. The van der Waals surface area contributed by atoms with E-state index in [1.807, 2.05) is 13.0 Å². The van der Waals surface area contributed by atoms with Crippen molar-refractivity contribution < 1.29 is 28.5 Å². The third kappa shape index (κ3) is 4.52. The number of fused-ring (bicyclic) bond motifs is 3. The van der Waals surface area contributed by atoms with Gasteiger partial charge in [0.1, 0.15) is 6.10 Å². The molecule has 0 N–H and O–H groups in total. The number of unbranched alkanes of at least 4 members (excludes halogenated alkanes) is 1. The van der Waals surface area contributed by atoms with Crippen LogP contribution in [0.5, 0.6) is 23.0 Å². The molecule has 0 aromatic heterocycles. The first-order chi connectivity index (χ1) is 15.5. The van der Waals surface area contributed by atoms with E-state index in [4.69, 9.17) is 23.7 Å². The van der Waals surface area contributed by atoms with E-state index < -0.39 is 6.10 Å². The van der Waals surface area contributed by atoms with Gasteiger partial charge in [0.2, 0.25) is 11.2 Å². The first kappa shape index (κ1) is 23.4. The molecule has 7 nitrogen and oxygen atoms in total. The average Bonchev–Trinajstić information content (AvgIpc) is 3.04. The second-order valence-corrected chi connectivity index (χ2v) is 7.58. The predicted octanol–water partition coefficient (Wildman–Crippen LogP) is 4.47. The lowest BCUT2D eigenvalue weighted by atomic mass is 9.96. The Morgan fingerprint density at radius 1 is 0.969 bits per heavy atom. The van der Waals surface area contributed by atoms with Gasteiger partial charge in [-0.1, -0.05) is 13.3 Å². The van der Waals surface area contributed by atoms with E-state index in [2.05, 4.69) is 0 Å². The molecule has 1 atom stereocenters. The topological polar surface area (TPSA) is 80.3 Å². The van der Waals surface area contributed by atoms with Crippen molar-refractivity contribution in [2.75, 3.05) is 28.4 Å². The standard InChI is InChI=1S/C25H30O7/c1-6-7-8-22(27)32-19-11-9-15-13-21(29-3)24(30-4)25(31-5)23(15)16-10-12-20(28-2)18(26)14-17(16)19/h10,12-14,19H,6-9,11H2,1-5H3/t19-/m0/s1. The fourth-order valence-electron chi connectivity index (χ4n) is 4.09. The highest BCUT2D eigenvalue weighted by Crippen LogP contribution is 2.50. The maximum atomic E-state index is 12.8. The van der Waals surface area contributed by atoms with Crippen molar-refractivity contribution in [2.45, 2.75) is 45.1 Å². The quantitative estimate of drug-likeness (QED) is 0.558. The van der Waals surface area contributed by atoms with E-state index in [1.54, 1.807) is 33.5 Å². The van der Waals surface area contributed by atoms with Crippen molar-refractivity contribution in [1.29, 1.82) is 0 Å². The summed E-state index contributed by atoms with van der Waals surface area (Å²) in [6.45, 7) is 2.02. The van der Waals surface area contributed by atoms with E-state index >= 15 is 0 Å². The number of hydrogen-bond acceptors (Lipinski definition) is 7. The van der Waals surface area contributed by atoms with Crippen LogP contribution in [0.1, 0.15) is 49.8 Å². The van der Waals surface area contributed by atoms with E-state index in [0.29, 0.717) is 42.1 Å². The predicted molar refractivity (Wildman–Crippen MR) is 121 cm³/mol. The Kier molecular flexibility index (Phi) is 7.62. The average molecular weight is 443 g/mol. The molecule has 7 heteroatoms. The molecule has 172 valence electrons. The number of carbonyl (C=O) groups excluding carboxylic acids is 1. The van der Waals surface area contributed by atoms with E-state index in [-0.39, 0.29) is 17.1 Å². The van der Waals surface area contributed by atoms with E-state index in [9.17, 15) is 9.59 Å². The van der Waals surface area contributed by atoms with Crippen LogP contribution in [0, 0.1) is 0 Å². The number of rotatable bonds is 8. The fourth-order valence-corrected chi connectivity index (χ4v) is 4.09. The third-order valence-corrected chi connectivity index (χ3v) is 5.67. The summed E-state index contributed by atoms with van der Waals surface area (Å²) >= 11 is 0. The number of esters is 1. The summed E-state index contributed by atoms with van der Waals surface area (Å²) in [5.74, 6) is 1.43. The van der Waals surface area contributed by atoms with Gasteiger partial charge in [0.15, 0.2) is 17.2 Å². The molecule has 0 radical (unpaired) electrons. The van der Waals surface area contributed by atoms with Crippen LogP contribution in [0.15, 0.2) is 29.1 Å². The first-order valence-electron chi connectivity index (χ1n) is 10.7. The molecule has 0 heterocycles. The van der Waals surface area contributed by atoms with Gasteiger partial charge in [-0.05, 0) is 54.7 Å². The van der Waals surface area contributed by atoms with Gasteiger partial charge in [0, 0.05) is 17.5 Å².